The lowest BCUT2D eigenvalue weighted by molar-refractivity contribution is 0.660. The number of nitrogens with zero attached hydrogens (tertiary/aromatic N) is 1. The molecule has 1 heteroatoms. The van der Waals surface area contributed by atoms with Gasteiger partial charge < -0.3 is 4.90 Å². The Balaban J connectivity index is 1.04. The van der Waals surface area contributed by atoms with Crippen molar-refractivity contribution in [2.75, 3.05) is 4.90 Å². The van der Waals surface area contributed by atoms with Gasteiger partial charge in [0.15, 0.2) is 0 Å². The first-order valence-electron chi connectivity index (χ1n) is 26.3. The summed E-state index contributed by atoms with van der Waals surface area (Å²) in [5.41, 5.74) is 31.1. The highest BCUT2D eigenvalue weighted by Gasteiger charge is 2.52. The number of fused-ring (bicyclic) bond motifs is 16. The normalized spacial score (nSPS) is 14.8. The molecule has 0 atom stereocenters. The zero-order chi connectivity index (χ0) is 49.5. The number of hydrogen-bond donors (Lipinski definition) is 0. The van der Waals surface area contributed by atoms with Crippen LogP contribution in [-0.2, 0) is 16.2 Å². The van der Waals surface area contributed by atoms with Crippen LogP contribution in [0.5, 0.6) is 0 Å². The van der Waals surface area contributed by atoms with E-state index in [0.29, 0.717) is 0 Å². The van der Waals surface area contributed by atoms with Crippen LogP contribution in [-0.4, -0.2) is 0 Å². The summed E-state index contributed by atoms with van der Waals surface area (Å²) in [4.78, 5) is 2.57. The third-order valence-corrected chi connectivity index (χ3v) is 17.5. The lowest BCUT2D eigenvalue weighted by Crippen LogP contribution is -2.26. The van der Waals surface area contributed by atoms with Crippen LogP contribution in [0.3, 0.4) is 0 Å². The molecule has 0 fully saturated rings. The van der Waals surface area contributed by atoms with E-state index >= 15 is 0 Å². The Labute approximate surface area is 434 Å². The molecule has 0 saturated heterocycles. The molecule has 11 aromatic carbocycles. The maximum Gasteiger partial charge on any atom is 0.0726 e. The van der Waals surface area contributed by atoms with Crippen LogP contribution in [0.2, 0.25) is 0 Å². The molecule has 4 aliphatic rings. The topological polar surface area (TPSA) is 3.24 Å². The molecule has 0 bridgehead atoms. The van der Waals surface area contributed by atoms with Crippen LogP contribution in [0.4, 0.5) is 17.1 Å². The summed E-state index contributed by atoms with van der Waals surface area (Å²) in [6, 6.07) is 94.2. The molecular weight excluding hydrogens is 891 g/mol. The van der Waals surface area contributed by atoms with Crippen LogP contribution in [0.1, 0.15) is 72.2 Å². The Morgan fingerprint density at radius 3 is 1.15 bits per heavy atom. The van der Waals surface area contributed by atoms with Crippen LogP contribution < -0.4 is 4.90 Å². The van der Waals surface area contributed by atoms with Crippen molar-refractivity contribution in [3.8, 4) is 77.9 Å². The van der Waals surface area contributed by atoms with E-state index in [1.165, 1.54) is 122 Å². The molecule has 0 unspecified atom stereocenters. The summed E-state index contributed by atoms with van der Waals surface area (Å²) >= 11 is 0. The average molecular weight is 944 g/mol. The molecule has 0 saturated carbocycles. The summed E-state index contributed by atoms with van der Waals surface area (Å²) < 4.78 is 0. The number of rotatable bonds is 6. The summed E-state index contributed by atoms with van der Waals surface area (Å²) in [5.74, 6) is 0. The van der Waals surface area contributed by atoms with Crippen molar-refractivity contribution in [1.29, 1.82) is 0 Å². The molecule has 0 heterocycles. The molecule has 74 heavy (non-hydrogen) atoms. The van der Waals surface area contributed by atoms with Crippen LogP contribution in [0.25, 0.3) is 77.9 Å². The molecule has 15 rings (SSSR count). The molecule has 4 aliphatic carbocycles. The Kier molecular flexibility index (Phi) is 9.04. The highest BCUT2D eigenvalue weighted by Crippen LogP contribution is 2.65. The van der Waals surface area contributed by atoms with Gasteiger partial charge in [-0.1, -0.05) is 240 Å². The van der Waals surface area contributed by atoms with Crippen LogP contribution in [0, 0.1) is 0 Å². The van der Waals surface area contributed by atoms with Gasteiger partial charge in [0.1, 0.15) is 0 Å². The minimum atomic E-state index is -0.486. The minimum absolute atomic E-state index is 0.143. The van der Waals surface area contributed by atoms with Gasteiger partial charge in [-0.25, -0.2) is 0 Å². The van der Waals surface area contributed by atoms with Gasteiger partial charge in [-0.3, -0.25) is 0 Å². The molecular formula is C73H53N. The predicted octanol–water partition coefficient (Wildman–Crippen LogP) is 19.1. The summed E-state index contributed by atoms with van der Waals surface area (Å²) in [6.07, 6.45) is 0. The van der Waals surface area contributed by atoms with Crippen molar-refractivity contribution in [1.82, 2.24) is 0 Å². The first kappa shape index (κ1) is 42.9. The maximum atomic E-state index is 2.57. The maximum absolute atomic E-state index is 2.57. The monoisotopic (exact) mass is 943 g/mol. The van der Waals surface area contributed by atoms with E-state index in [0.717, 1.165) is 17.1 Å². The zero-order valence-electron chi connectivity index (χ0n) is 42.1. The molecule has 1 nitrogen and oxygen atoms in total. The molecule has 350 valence electrons. The van der Waals surface area contributed by atoms with Gasteiger partial charge in [-0.15, -0.1) is 0 Å². The molecule has 0 aliphatic heterocycles. The van der Waals surface area contributed by atoms with Gasteiger partial charge in [0.2, 0.25) is 0 Å². The van der Waals surface area contributed by atoms with Gasteiger partial charge >= 0.3 is 0 Å². The van der Waals surface area contributed by atoms with Crippen LogP contribution >= 0.6 is 0 Å². The van der Waals surface area contributed by atoms with Gasteiger partial charge in [0.25, 0.3) is 0 Å². The highest BCUT2D eigenvalue weighted by molar-refractivity contribution is 6.03. The highest BCUT2D eigenvalue weighted by atomic mass is 15.1. The Hall–Kier alpha value is -8.78. The number of anilines is 3. The quantitative estimate of drug-likeness (QED) is 0.161. The first-order chi connectivity index (χ1) is 36.2. The van der Waals surface area contributed by atoms with Crippen molar-refractivity contribution in [2.24, 2.45) is 0 Å². The molecule has 0 radical (unpaired) electrons. The second-order valence-electron chi connectivity index (χ2n) is 21.9. The fraction of sp³-hybridized carbons (Fsp3) is 0.0959. The summed E-state index contributed by atoms with van der Waals surface area (Å²) in [6.45, 7) is 9.55. The third-order valence-electron chi connectivity index (χ3n) is 17.5. The molecule has 0 N–H and O–H groups in total. The largest absolute Gasteiger partial charge is 0.310 e. The van der Waals surface area contributed by atoms with E-state index in [4.69, 9.17) is 0 Å². The second-order valence-corrected chi connectivity index (χ2v) is 21.9. The fourth-order valence-electron chi connectivity index (χ4n) is 14.2. The lowest BCUT2D eigenvalue weighted by atomic mass is 9.70. The van der Waals surface area contributed by atoms with Gasteiger partial charge in [0, 0.05) is 27.8 Å². The van der Waals surface area contributed by atoms with Crippen molar-refractivity contribution in [3.05, 3.63) is 293 Å². The summed E-state index contributed by atoms with van der Waals surface area (Å²) in [7, 11) is 0. The summed E-state index contributed by atoms with van der Waals surface area (Å²) in [5, 5.41) is 0. The SMILES string of the molecule is CC1(C)c2ccccc2-c2c(-c3cc(-c4cccc5c4-c4ccccc4C5(C)C)cc(N(c4ccc(-c5ccccc5)cc4)c4cccc5c4-c4ccccc4C54c5ccccc5-c5ccccc54)c3)cccc21. The van der Waals surface area contributed by atoms with Crippen molar-refractivity contribution < 1.29 is 0 Å². The zero-order valence-corrected chi connectivity index (χ0v) is 42.1. The Bertz CT molecular complexity index is 3960. The fourth-order valence-corrected chi connectivity index (χ4v) is 14.2. The van der Waals surface area contributed by atoms with Crippen molar-refractivity contribution in [3.63, 3.8) is 0 Å². The molecule has 1 spiro atoms. The van der Waals surface area contributed by atoms with E-state index in [1.54, 1.807) is 0 Å². The molecule has 0 aromatic heterocycles. The Morgan fingerprint density at radius 1 is 0.243 bits per heavy atom. The number of benzene rings is 11. The van der Waals surface area contributed by atoms with Crippen molar-refractivity contribution in [2.45, 2.75) is 43.9 Å². The van der Waals surface area contributed by atoms with E-state index in [2.05, 4.69) is 281 Å². The Morgan fingerprint density at radius 2 is 0.622 bits per heavy atom. The van der Waals surface area contributed by atoms with E-state index in [-0.39, 0.29) is 10.8 Å². The third kappa shape index (κ3) is 5.76. The van der Waals surface area contributed by atoms with E-state index in [9.17, 15) is 0 Å². The van der Waals surface area contributed by atoms with E-state index < -0.39 is 5.41 Å². The average Bonchev–Trinajstić information content (AvgIpc) is 4.09. The standard InChI is InChI=1S/C73H53N/c1-71(2)59-30-13-10-25-56(59)68-52(28-18-35-64(68)71)48-43-49(53-29-19-36-65-69(53)57-26-11-14-31-60(57)72(65,3)4)45-51(44-48)74(50-41-39-47(40-42-50)46-21-6-5-7-22-46)67-38-20-37-66-70(67)58-27-12-17-34-63(58)73(66)61-32-15-8-23-54(61)55-24-9-16-33-62(55)73/h5-45H,1-4H3. The van der Waals surface area contributed by atoms with Crippen molar-refractivity contribution >= 4 is 17.1 Å². The smallest absolute Gasteiger partial charge is 0.0726 e. The van der Waals surface area contributed by atoms with Gasteiger partial charge in [-0.2, -0.15) is 0 Å². The molecule has 11 aromatic rings. The predicted molar refractivity (Wildman–Crippen MR) is 309 cm³/mol. The van der Waals surface area contributed by atoms with Gasteiger partial charge in [0.05, 0.1) is 11.1 Å². The van der Waals surface area contributed by atoms with Gasteiger partial charge in [-0.05, 0) is 153 Å². The lowest BCUT2D eigenvalue weighted by Gasteiger charge is -2.32. The minimum Gasteiger partial charge on any atom is -0.310 e. The first-order valence-corrected chi connectivity index (χ1v) is 26.3. The number of hydrogen-bond acceptors (Lipinski definition) is 1. The van der Waals surface area contributed by atoms with E-state index in [1.807, 2.05) is 0 Å². The second kappa shape index (κ2) is 15.6. The van der Waals surface area contributed by atoms with Crippen LogP contribution in [0.15, 0.2) is 249 Å². The molecule has 0 amide bonds.